The lowest BCUT2D eigenvalue weighted by Crippen LogP contribution is -2.51. The van der Waals surface area contributed by atoms with E-state index in [4.69, 9.17) is 10.5 Å². The molecular formula is C15H20N3O2. The van der Waals surface area contributed by atoms with Crippen LogP contribution in [0, 0.1) is 0 Å². The van der Waals surface area contributed by atoms with Gasteiger partial charge in [0.1, 0.15) is 0 Å². The monoisotopic (exact) mass is 274 g/mol. The van der Waals surface area contributed by atoms with E-state index in [-0.39, 0.29) is 11.9 Å². The molecule has 1 atom stereocenters. The third-order valence-corrected chi connectivity index (χ3v) is 4.33. The number of likely N-dealkylation sites (tertiary alicyclic amines) is 1. The lowest BCUT2D eigenvalue weighted by molar-refractivity contribution is -0.122. The zero-order chi connectivity index (χ0) is 14.1. The molecule has 1 aromatic carbocycles. The Hall–Kier alpha value is -1.59. The molecule has 107 valence electrons. The summed E-state index contributed by atoms with van der Waals surface area (Å²) >= 11 is 0. The molecule has 2 N–H and O–H groups in total. The van der Waals surface area contributed by atoms with Gasteiger partial charge in [0.05, 0.1) is 17.8 Å². The van der Waals surface area contributed by atoms with Gasteiger partial charge in [0, 0.05) is 25.9 Å². The maximum Gasteiger partial charge on any atom is 0.242 e. The van der Waals surface area contributed by atoms with E-state index in [2.05, 4.69) is 10.2 Å². The second kappa shape index (κ2) is 5.42. The normalized spacial score (nSPS) is 24.2. The molecule has 0 spiro atoms. The van der Waals surface area contributed by atoms with E-state index >= 15 is 0 Å². The molecule has 20 heavy (non-hydrogen) atoms. The van der Waals surface area contributed by atoms with Crippen LogP contribution in [0.4, 0.5) is 11.4 Å². The summed E-state index contributed by atoms with van der Waals surface area (Å²) in [7, 11) is 1.75. The van der Waals surface area contributed by atoms with Crippen LogP contribution in [0.2, 0.25) is 0 Å². The Morgan fingerprint density at radius 3 is 2.80 bits per heavy atom. The Kier molecular flexibility index (Phi) is 3.63. The van der Waals surface area contributed by atoms with Gasteiger partial charge in [-0.15, -0.1) is 0 Å². The van der Waals surface area contributed by atoms with E-state index in [0.717, 1.165) is 37.2 Å². The first-order valence-corrected chi connectivity index (χ1v) is 7.09. The minimum absolute atomic E-state index is 0.0751. The number of carbonyl (C=O) groups is 1. The molecule has 3 rings (SSSR count). The van der Waals surface area contributed by atoms with Gasteiger partial charge in [0.2, 0.25) is 5.91 Å². The Balaban J connectivity index is 1.74. The van der Waals surface area contributed by atoms with Gasteiger partial charge in [-0.25, -0.2) is 0 Å². The van der Waals surface area contributed by atoms with Gasteiger partial charge in [0.25, 0.3) is 0 Å². The number of benzene rings is 1. The van der Waals surface area contributed by atoms with E-state index in [1.807, 2.05) is 12.1 Å². The molecule has 0 bridgehead atoms. The number of nitrogens with one attached hydrogen (secondary N) is 2. The lowest BCUT2D eigenvalue weighted by atomic mass is 9.95. The maximum atomic E-state index is 12.3. The molecule has 5 nitrogen and oxygen atoms in total. The fourth-order valence-electron chi connectivity index (χ4n) is 3.12. The van der Waals surface area contributed by atoms with Crippen molar-refractivity contribution in [2.24, 2.45) is 0 Å². The number of hydrogen-bond donors (Lipinski definition) is 1. The molecule has 0 saturated carbocycles. The van der Waals surface area contributed by atoms with Crippen LogP contribution in [0.15, 0.2) is 18.2 Å². The molecule has 0 aromatic heterocycles. The van der Waals surface area contributed by atoms with Gasteiger partial charge in [-0.1, -0.05) is 0 Å². The van der Waals surface area contributed by atoms with Crippen LogP contribution in [0.25, 0.3) is 0 Å². The number of hydrogen-bond acceptors (Lipinski definition) is 3. The third-order valence-electron chi connectivity index (χ3n) is 4.33. The number of piperidine rings is 1. The number of rotatable bonds is 2. The first-order chi connectivity index (χ1) is 9.67. The zero-order valence-corrected chi connectivity index (χ0v) is 11.7. The van der Waals surface area contributed by atoms with Crippen molar-refractivity contribution in [1.82, 2.24) is 10.6 Å². The molecule has 2 heterocycles. The van der Waals surface area contributed by atoms with E-state index in [1.165, 1.54) is 0 Å². The first kappa shape index (κ1) is 13.4. The SMILES string of the molecule is COC1CCN(C2Cc3cc([NH])ccc3NC2=O)CC1. The summed E-state index contributed by atoms with van der Waals surface area (Å²) < 4.78 is 5.37. The quantitative estimate of drug-likeness (QED) is 0.890. The van der Waals surface area contributed by atoms with Crippen LogP contribution in [-0.4, -0.2) is 43.2 Å². The summed E-state index contributed by atoms with van der Waals surface area (Å²) in [6.45, 7) is 1.79. The number of nitrogens with zero attached hydrogens (tertiary/aromatic N) is 1. The van der Waals surface area contributed by atoms with E-state index < -0.39 is 0 Å². The highest BCUT2D eigenvalue weighted by Gasteiger charge is 2.33. The van der Waals surface area contributed by atoms with Crippen LogP contribution in [-0.2, 0) is 16.0 Å². The molecular weight excluding hydrogens is 254 g/mol. The van der Waals surface area contributed by atoms with Crippen LogP contribution < -0.4 is 11.1 Å². The van der Waals surface area contributed by atoms with E-state index in [1.54, 1.807) is 13.2 Å². The summed E-state index contributed by atoms with van der Waals surface area (Å²) in [5.41, 5.74) is 10.1. The van der Waals surface area contributed by atoms with Gasteiger partial charge in [-0.3, -0.25) is 9.69 Å². The number of fused-ring (bicyclic) bond motifs is 1. The second-order valence-electron chi connectivity index (χ2n) is 5.55. The molecule has 1 aromatic rings. The zero-order valence-electron chi connectivity index (χ0n) is 11.7. The smallest absolute Gasteiger partial charge is 0.242 e. The predicted molar refractivity (Wildman–Crippen MR) is 76.9 cm³/mol. The topological polar surface area (TPSA) is 65.4 Å². The maximum absolute atomic E-state index is 12.3. The number of ether oxygens (including phenoxy) is 1. The molecule has 2 aliphatic heterocycles. The van der Waals surface area contributed by atoms with Gasteiger partial charge in [0.15, 0.2) is 0 Å². The largest absolute Gasteiger partial charge is 0.381 e. The summed E-state index contributed by atoms with van der Waals surface area (Å²) in [4.78, 5) is 14.5. The van der Waals surface area contributed by atoms with E-state index in [9.17, 15) is 4.79 Å². The van der Waals surface area contributed by atoms with Crippen LogP contribution in [0.5, 0.6) is 0 Å². The average molecular weight is 274 g/mol. The minimum atomic E-state index is -0.109. The fraction of sp³-hybridized carbons (Fsp3) is 0.533. The van der Waals surface area contributed by atoms with Crippen molar-refractivity contribution in [1.29, 1.82) is 0 Å². The Bertz CT molecular complexity index is 510. The van der Waals surface area contributed by atoms with Crippen molar-refractivity contribution in [3.63, 3.8) is 0 Å². The highest BCUT2D eigenvalue weighted by molar-refractivity contribution is 5.98. The molecule has 0 aliphatic carbocycles. The second-order valence-corrected chi connectivity index (χ2v) is 5.55. The highest BCUT2D eigenvalue weighted by atomic mass is 16.5. The summed E-state index contributed by atoms with van der Waals surface area (Å²) in [5, 5.41) is 2.96. The van der Waals surface area contributed by atoms with E-state index in [0.29, 0.717) is 18.2 Å². The third kappa shape index (κ3) is 2.51. The standard InChI is InChI=1S/C15H20N3O2/c1-20-12-4-6-18(7-5-12)14-9-10-8-11(16)2-3-13(10)17-15(14)19/h2-3,8,12,14,16H,4-7,9H2,1H3,(H,17,19). The highest BCUT2D eigenvalue weighted by Crippen LogP contribution is 2.28. The van der Waals surface area contributed by atoms with Gasteiger partial charge in [-0.2, -0.15) is 0 Å². The van der Waals surface area contributed by atoms with Crippen LogP contribution in [0.3, 0.4) is 0 Å². The van der Waals surface area contributed by atoms with Crippen molar-refractivity contribution in [3.8, 4) is 0 Å². The molecule has 5 heteroatoms. The number of amides is 1. The fourth-order valence-corrected chi connectivity index (χ4v) is 3.12. The summed E-state index contributed by atoms with van der Waals surface area (Å²) in [6, 6.07) is 5.28. The lowest BCUT2D eigenvalue weighted by Gasteiger charge is -2.38. The van der Waals surface area contributed by atoms with Crippen molar-refractivity contribution < 1.29 is 9.53 Å². The van der Waals surface area contributed by atoms with Crippen molar-refractivity contribution >= 4 is 17.3 Å². The molecule has 1 unspecified atom stereocenters. The molecule has 1 saturated heterocycles. The predicted octanol–water partition coefficient (Wildman–Crippen LogP) is 1.57. The number of methoxy groups -OCH3 is 1. The van der Waals surface area contributed by atoms with Crippen LogP contribution in [0.1, 0.15) is 18.4 Å². The average Bonchev–Trinajstić information content (AvgIpc) is 2.47. The minimum Gasteiger partial charge on any atom is -0.381 e. The van der Waals surface area contributed by atoms with Gasteiger partial charge in [-0.05, 0) is 43.0 Å². The van der Waals surface area contributed by atoms with Gasteiger partial charge >= 0.3 is 0 Å². The summed E-state index contributed by atoms with van der Waals surface area (Å²) in [5.74, 6) is 0.0751. The Morgan fingerprint density at radius 1 is 1.35 bits per heavy atom. The first-order valence-electron chi connectivity index (χ1n) is 7.09. The van der Waals surface area contributed by atoms with Crippen LogP contribution >= 0.6 is 0 Å². The molecule has 1 amide bonds. The Labute approximate surface area is 119 Å². The number of carbonyl (C=O) groups excluding carboxylic acids is 1. The van der Waals surface area contributed by atoms with Crippen molar-refractivity contribution in [3.05, 3.63) is 23.8 Å². The van der Waals surface area contributed by atoms with Crippen molar-refractivity contribution in [2.45, 2.75) is 31.4 Å². The molecule has 1 fully saturated rings. The number of anilines is 1. The molecule has 2 aliphatic rings. The Morgan fingerprint density at radius 2 is 2.10 bits per heavy atom. The molecule has 1 radical (unpaired) electrons. The van der Waals surface area contributed by atoms with Crippen molar-refractivity contribution in [2.75, 3.05) is 25.5 Å². The van der Waals surface area contributed by atoms with Gasteiger partial charge < -0.3 is 15.8 Å². The summed E-state index contributed by atoms with van der Waals surface area (Å²) in [6.07, 6.45) is 2.98.